The third kappa shape index (κ3) is 4.37. The van der Waals surface area contributed by atoms with Crippen LogP contribution in [0.1, 0.15) is 15.9 Å². The molecule has 0 heterocycles. The SMILES string of the molecule is COc1cc(F)c(NC(=O)c2ccccc2-c2ccc(C(F)(F)F)cc2)cc1OC. The van der Waals surface area contributed by atoms with Gasteiger partial charge in [0, 0.05) is 17.7 Å². The standard InChI is InChI=1S/C22H17F4NO3/c1-29-19-11-17(23)18(12-20(19)30-2)27-21(28)16-6-4-3-5-15(16)13-7-9-14(10-8-13)22(24,25)26/h3-12H,1-2H3,(H,27,28). The van der Waals surface area contributed by atoms with Crippen molar-refractivity contribution in [1.82, 2.24) is 0 Å². The minimum Gasteiger partial charge on any atom is -0.493 e. The second-order valence-corrected chi connectivity index (χ2v) is 6.26. The van der Waals surface area contributed by atoms with Crippen molar-refractivity contribution in [2.45, 2.75) is 6.18 Å². The number of ether oxygens (including phenoxy) is 2. The number of methoxy groups -OCH3 is 2. The van der Waals surface area contributed by atoms with E-state index in [1.165, 1.54) is 38.5 Å². The van der Waals surface area contributed by atoms with Crippen LogP contribution in [0.4, 0.5) is 23.2 Å². The van der Waals surface area contributed by atoms with Gasteiger partial charge < -0.3 is 14.8 Å². The van der Waals surface area contributed by atoms with Crippen molar-refractivity contribution >= 4 is 11.6 Å². The summed E-state index contributed by atoms with van der Waals surface area (Å²) in [5, 5.41) is 2.47. The first-order valence-corrected chi connectivity index (χ1v) is 8.74. The lowest BCUT2D eigenvalue weighted by Gasteiger charge is -2.14. The predicted molar refractivity (Wildman–Crippen MR) is 104 cm³/mol. The molecule has 1 N–H and O–H groups in total. The largest absolute Gasteiger partial charge is 0.493 e. The van der Waals surface area contributed by atoms with E-state index in [1.807, 2.05) is 0 Å². The van der Waals surface area contributed by atoms with Crippen LogP contribution in [0.2, 0.25) is 0 Å². The minimum atomic E-state index is -4.46. The Kier molecular flexibility index (Phi) is 5.96. The molecular weight excluding hydrogens is 402 g/mol. The summed E-state index contributed by atoms with van der Waals surface area (Å²) in [4.78, 5) is 12.8. The highest BCUT2D eigenvalue weighted by atomic mass is 19.4. The Hall–Kier alpha value is -3.55. The second kappa shape index (κ2) is 8.44. The lowest BCUT2D eigenvalue weighted by atomic mass is 9.98. The Morgan fingerprint density at radius 2 is 1.50 bits per heavy atom. The number of benzene rings is 3. The first-order chi connectivity index (χ1) is 14.2. The molecule has 156 valence electrons. The van der Waals surface area contributed by atoms with Gasteiger partial charge in [-0.15, -0.1) is 0 Å². The highest BCUT2D eigenvalue weighted by Crippen LogP contribution is 2.34. The van der Waals surface area contributed by atoms with Gasteiger partial charge in [0.1, 0.15) is 0 Å². The average Bonchev–Trinajstić information content (AvgIpc) is 2.74. The van der Waals surface area contributed by atoms with Gasteiger partial charge >= 0.3 is 6.18 Å². The van der Waals surface area contributed by atoms with E-state index < -0.39 is 23.5 Å². The van der Waals surface area contributed by atoms with E-state index in [-0.39, 0.29) is 22.7 Å². The van der Waals surface area contributed by atoms with Crippen molar-refractivity contribution in [2.24, 2.45) is 0 Å². The zero-order valence-electron chi connectivity index (χ0n) is 16.0. The maximum Gasteiger partial charge on any atom is 0.416 e. The maximum absolute atomic E-state index is 14.4. The second-order valence-electron chi connectivity index (χ2n) is 6.26. The quantitative estimate of drug-likeness (QED) is 0.533. The number of nitrogens with one attached hydrogen (secondary N) is 1. The third-order valence-electron chi connectivity index (χ3n) is 4.42. The van der Waals surface area contributed by atoms with Gasteiger partial charge in [0.25, 0.3) is 5.91 Å². The number of anilines is 1. The van der Waals surface area contributed by atoms with Gasteiger partial charge in [-0.05, 0) is 29.3 Å². The molecule has 30 heavy (non-hydrogen) atoms. The number of halogens is 4. The molecule has 0 spiro atoms. The molecular formula is C22H17F4NO3. The van der Waals surface area contributed by atoms with Crippen molar-refractivity contribution in [3.63, 3.8) is 0 Å². The van der Waals surface area contributed by atoms with E-state index >= 15 is 0 Å². The predicted octanol–water partition coefficient (Wildman–Crippen LogP) is 5.78. The van der Waals surface area contributed by atoms with Crippen LogP contribution in [0.15, 0.2) is 60.7 Å². The highest BCUT2D eigenvalue weighted by Gasteiger charge is 2.30. The Morgan fingerprint density at radius 3 is 2.10 bits per heavy atom. The summed E-state index contributed by atoms with van der Waals surface area (Å²) in [7, 11) is 2.73. The lowest BCUT2D eigenvalue weighted by Crippen LogP contribution is -2.14. The molecule has 1 amide bonds. The molecule has 0 saturated heterocycles. The highest BCUT2D eigenvalue weighted by molar-refractivity contribution is 6.08. The van der Waals surface area contributed by atoms with E-state index in [0.717, 1.165) is 18.2 Å². The number of hydrogen-bond donors (Lipinski definition) is 1. The van der Waals surface area contributed by atoms with Gasteiger partial charge in [0.15, 0.2) is 17.3 Å². The molecule has 0 aromatic heterocycles. The Morgan fingerprint density at radius 1 is 0.900 bits per heavy atom. The van der Waals surface area contributed by atoms with Crippen LogP contribution < -0.4 is 14.8 Å². The van der Waals surface area contributed by atoms with Crippen molar-refractivity contribution in [3.05, 3.63) is 77.6 Å². The van der Waals surface area contributed by atoms with E-state index in [4.69, 9.17) is 9.47 Å². The fraction of sp³-hybridized carbons (Fsp3) is 0.136. The molecule has 3 rings (SSSR count). The zero-order chi connectivity index (χ0) is 21.9. The summed E-state index contributed by atoms with van der Waals surface area (Å²) in [6, 6.07) is 13.2. The van der Waals surface area contributed by atoms with Crippen molar-refractivity contribution in [2.75, 3.05) is 19.5 Å². The van der Waals surface area contributed by atoms with Crippen LogP contribution >= 0.6 is 0 Å². The molecule has 8 heteroatoms. The molecule has 0 aliphatic heterocycles. The molecule has 0 saturated carbocycles. The fourth-order valence-corrected chi connectivity index (χ4v) is 2.91. The summed E-state index contributed by atoms with van der Waals surface area (Å²) in [6.07, 6.45) is -4.46. The van der Waals surface area contributed by atoms with Crippen LogP contribution in [0.5, 0.6) is 11.5 Å². The van der Waals surface area contributed by atoms with Gasteiger partial charge in [-0.25, -0.2) is 4.39 Å². The smallest absolute Gasteiger partial charge is 0.416 e. The van der Waals surface area contributed by atoms with Crippen molar-refractivity contribution < 1.29 is 31.8 Å². The molecule has 0 bridgehead atoms. The number of rotatable bonds is 5. The Labute approximate surface area is 170 Å². The number of alkyl halides is 3. The molecule has 3 aromatic rings. The van der Waals surface area contributed by atoms with Crippen LogP contribution in [-0.2, 0) is 6.18 Å². The van der Waals surface area contributed by atoms with Crippen molar-refractivity contribution in [3.8, 4) is 22.6 Å². The molecule has 3 aromatic carbocycles. The molecule has 0 radical (unpaired) electrons. The van der Waals surface area contributed by atoms with Gasteiger partial charge in [-0.1, -0.05) is 30.3 Å². The monoisotopic (exact) mass is 419 g/mol. The maximum atomic E-state index is 14.4. The summed E-state index contributed by atoms with van der Waals surface area (Å²) >= 11 is 0. The molecule has 0 aliphatic carbocycles. The van der Waals surface area contributed by atoms with E-state index in [9.17, 15) is 22.4 Å². The fourth-order valence-electron chi connectivity index (χ4n) is 2.91. The normalized spacial score (nSPS) is 11.1. The summed E-state index contributed by atoms with van der Waals surface area (Å²) in [5.41, 5.74) is 0.0815. The molecule has 0 atom stereocenters. The summed E-state index contributed by atoms with van der Waals surface area (Å²) in [6.45, 7) is 0. The number of carbonyl (C=O) groups is 1. The summed E-state index contributed by atoms with van der Waals surface area (Å²) in [5.74, 6) is -0.965. The molecule has 0 unspecified atom stereocenters. The third-order valence-corrected chi connectivity index (χ3v) is 4.42. The topological polar surface area (TPSA) is 47.6 Å². The van der Waals surface area contributed by atoms with Crippen molar-refractivity contribution in [1.29, 1.82) is 0 Å². The number of amides is 1. The van der Waals surface area contributed by atoms with Crippen LogP contribution in [-0.4, -0.2) is 20.1 Å². The van der Waals surface area contributed by atoms with E-state index in [2.05, 4.69) is 5.32 Å². The molecule has 4 nitrogen and oxygen atoms in total. The van der Waals surface area contributed by atoms with Gasteiger partial charge in [-0.3, -0.25) is 4.79 Å². The Bertz CT molecular complexity index is 1060. The van der Waals surface area contributed by atoms with Crippen LogP contribution in [0.3, 0.4) is 0 Å². The average molecular weight is 419 g/mol. The van der Waals surface area contributed by atoms with Gasteiger partial charge in [0.2, 0.25) is 0 Å². The van der Waals surface area contributed by atoms with E-state index in [1.54, 1.807) is 18.2 Å². The zero-order valence-corrected chi connectivity index (χ0v) is 16.0. The Balaban J connectivity index is 1.94. The number of hydrogen-bond acceptors (Lipinski definition) is 3. The first kappa shape index (κ1) is 21.2. The van der Waals surface area contributed by atoms with E-state index in [0.29, 0.717) is 11.1 Å². The molecule has 0 aliphatic rings. The first-order valence-electron chi connectivity index (χ1n) is 8.74. The number of carbonyl (C=O) groups excluding carboxylic acids is 1. The van der Waals surface area contributed by atoms with Crippen LogP contribution in [0.25, 0.3) is 11.1 Å². The minimum absolute atomic E-state index is 0.125. The van der Waals surface area contributed by atoms with Crippen LogP contribution in [0, 0.1) is 5.82 Å². The van der Waals surface area contributed by atoms with Gasteiger partial charge in [-0.2, -0.15) is 13.2 Å². The lowest BCUT2D eigenvalue weighted by molar-refractivity contribution is -0.137. The summed E-state index contributed by atoms with van der Waals surface area (Å²) < 4.78 is 62.9. The molecule has 0 fully saturated rings. The van der Waals surface area contributed by atoms with Gasteiger partial charge in [0.05, 0.1) is 25.5 Å².